The number of piperidine rings is 1. The van der Waals surface area contributed by atoms with Gasteiger partial charge in [0.1, 0.15) is 0 Å². The van der Waals surface area contributed by atoms with Crippen molar-refractivity contribution in [2.45, 2.75) is 38.8 Å². The quantitative estimate of drug-likeness (QED) is 0.729. The zero-order valence-corrected chi connectivity index (χ0v) is 18.0. The van der Waals surface area contributed by atoms with Gasteiger partial charge in [-0.15, -0.1) is 0 Å². The normalized spacial score (nSPS) is 15.8. The van der Waals surface area contributed by atoms with Gasteiger partial charge in [-0.2, -0.15) is 0 Å². The molecule has 1 aliphatic heterocycles. The molecule has 1 aromatic heterocycles. The molecule has 0 bridgehead atoms. The lowest BCUT2D eigenvalue weighted by atomic mass is 9.84. The molecule has 0 saturated carbocycles. The average molecular weight is 409 g/mol. The number of carbonyl (C=O) groups is 2. The van der Waals surface area contributed by atoms with E-state index in [1.807, 2.05) is 17.2 Å². The second-order valence-corrected chi connectivity index (χ2v) is 8.16. The van der Waals surface area contributed by atoms with Crippen LogP contribution in [0.1, 0.15) is 30.9 Å². The van der Waals surface area contributed by atoms with Crippen molar-refractivity contribution in [2.75, 3.05) is 26.7 Å². The lowest BCUT2D eigenvalue weighted by Gasteiger charge is -2.40. The highest BCUT2D eigenvalue weighted by molar-refractivity contribution is 5.83. The molecule has 6 nitrogen and oxygen atoms in total. The van der Waals surface area contributed by atoms with Crippen LogP contribution in [-0.4, -0.2) is 59.3 Å². The third kappa shape index (κ3) is 6.39. The third-order valence-corrected chi connectivity index (χ3v) is 5.93. The predicted octanol–water partition coefficient (Wildman–Crippen LogP) is 2.50. The summed E-state index contributed by atoms with van der Waals surface area (Å²) in [6.45, 7) is 3.87. The van der Waals surface area contributed by atoms with Crippen molar-refractivity contribution in [3.8, 4) is 0 Å². The smallest absolute Gasteiger partial charge is 0.241 e. The monoisotopic (exact) mass is 408 g/mol. The Kier molecular flexibility index (Phi) is 7.97. The molecule has 1 atom stereocenters. The number of benzene rings is 1. The molecule has 6 heteroatoms. The standard InChI is InChI=1S/C24H32N4O2/c1-19(29)26-17-24(30)28-13-10-22(11-14-28)23(15-20-7-4-3-5-8-20)27(2)18-21-9-6-12-25-16-21/h3-9,12,16,22-23H,10-11,13-15,17-18H2,1-2H3,(H,26,29). The molecule has 0 spiro atoms. The van der Waals surface area contributed by atoms with Crippen LogP contribution in [0.2, 0.25) is 0 Å². The van der Waals surface area contributed by atoms with Gasteiger partial charge in [0.2, 0.25) is 11.8 Å². The Morgan fingerprint density at radius 1 is 1.13 bits per heavy atom. The Labute approximate surface area is 179 Å². The van der Waals surface area contributed by atoms with Crippen LogP contribution >= 0.6 is 0 Å². The van der Waals surface area contributed by atoms with Crippen LogP contribution in [0.4, 0.5) is 0 Å². The summed E-state index contributed by atoms with van der Waals surface area (Å²) < 4.78 is 0. The van der Waals surface area contributed by atoms with Crippen LogP contribution in [0, 0.1) is 5.92 Å². The number of likely N-dealkylation sites (tertiary alicyclic amines) is 1. The summed E-state index contributed by atoms with van der Waals surface area (Å²) >= 11 is 0. The lowest BCUT2D eigenvalue weighted by Crippen LogP contribution is -2.48. The van der Waals surface area contributed by atoms with Gasteiger partial charge >= 0.3 is 0 Å². The molecule has 1 fully saturated rings. The minimum atomic E-state index is -0.168. The maximum absolute atomic E-state index is 12.3. The van der Waals surface area contributed by atoms with Crippen LogP contribution in [-0.2, 0) is 22.6 Å². The third-order valence-electron chi connectivity index (χ3n) is 5.93. The maximum atomic E-state index is 12.3. The van der Waals surface area contributed by atoms with E-state index in [0.29, 0.717) is 12.0 Å². The number of likely N-dealkylation sites (N-methyl/N-ethyl adjacent to an activating group) is 1. The molecule has 0 radical (unpaired) electrons. The molecule has 1 N–H and O–H groups in total. The molecule has 160 valence electrons. The molecule has 1 unspecified atom stereocenters. The largest absolute Gasteiger partial charge is 0.347 e. The van der Waals surface area contributed by atoms with Crippen molar-refractivity contribution in [1.29, 1.82) is 0 Å². The highest BCUT2D eigenvalue weighted by atomic mass is 16.2. The highest BCUT2D eigenvalue weighted by Crippen LogP contribution is 2.27. The molecule has 3 rings (SSSR count). The minimum Gasteiger partial charge on any atom is -0.347 e. The van der Waals surface area contributed by atoms with Gasteiger partial charge < -0.3 is 10.2 Å². The topological polar surface area (TPSA) is 65.5 Å². The first-order valence-electron chi connectivity index (χ1n) is 10.7. The summed E-state index contributed by atoms with van der Waals surface area (Å²) in [6, 6.07) is 15.1. The summed E-state index contributed by atoms with van der Waals surface area (Å²) in [6.07, 6.45) is 6.67. The van der Waals surface area contributed by atoms with Crippen LogP contribution in [0.25, 0.3) is 0 Å². The number of hydrogen-bond acceptors (Lipinski definition) is 4. The Balaban J connectivity index is 1.65. The Morgan fingerprint density at radius 3 is 2.47 bits per heavy atom. The number of carbonyl (C=O) groups excluding carboxylic acids is 2. The van der Waals surface area contributed by atoms with Crippen molar-refractivity contribution in [3.63, 3.8) is 0 Å². The maximum Gasteiger partial charge on any atom is 0.241 e. The van der Waals surface area contributed by atoms with E-state index < -0.39 is 0 Å². The molecule has 2 amide bonds. The molecular weight excluding hydrogens is 376 g/mol. The summed E-state index contributed by atoms with van der Waals surface area (Å²) in [5, 5.41) is 2.61. The van der Waals surface area contributed by atoms with Gasteiger partial charge in [-0.1, -0.05) is 36.4 Å². The first kappa shape index (κ1) is 22.0. The van der Waals surface area contributed by atoms with Gasteiger partial charge in [0.25, 0.3) is 0 Å². The zero-order chi connectivity index (χ0) is 21.3. The lowest BCUT2D eigenvalue weighted by molar-refractivity contribution is -0.134. The molecule has 30 heavy (non-hydrogen) atoms. The SMILES string of the molecule is CC(=O)NCC(=O)N1CCC(C(Cc2ccccc2)N(C)Cc2cccnc2)CC1. The molecule has 1 saturated heterocycles. The minimum absolute atomic E-state index is 0.00646. The van der Waals surface area contributed by atoms with E-state index >= 15 is 0 Å². The van der Waals surface area contributed by atoms with Gasteiger partial charge in [0.15, 0.2) is 0 Å². The van der Waals surface area contributed by atoms with Crippen molar-refractivity contribution in [2.24, 2.45) is 5.92 Å². The number of aromatic nitrogens is 1. The fourth-order valence-corrected chi connectivity index (χ4v) is 4.28. The molecule has 0 aliphatic carbocycles. The Bertz CT molecular complexity index is 804. The van der Waals surface area contributed by atoms with Crippen molar-refractivity contribution >= 4 is 11.8 Å². The zero-order valence-electron chi connectivity index (χ0n) is 18.0. The van der Waals surface area contributed by atoms with Crippen LogP contribution in [0.5, 0.6) is 0 Å². The molecule has 2 aromatic rings. The van der Waals surface area contributed by atoms with Gasteiger partial charge in [0, 0.05) is 45.0 Å². The van der Waals surface area contributed by atoms with Crippen molar-refractivity contribution < 1.29 is 9.59 Å². The Morgan fingerprint density at radius 2 is 1.83 bits per heavy atom. The summed E-state index contributed by atoms with van der Waals surface area (Å²) in [7, 11) is 2.19. The van der Waals surface area contributed by atoms with Crippen LogP contribution in [0.15, 0.2) is 54.9 Å². The van der Waals surface area contributed by atoms with Gasteiger partial charge in [-0.3, -0.25) is 19.5 Å². The first-order chi connectivity index (χ1) is 14.5. The number of rotatable bonds is 8. The number of nitrogens with one attached hydrogen (secondary N) is 1. The number of pyridine rings is 1. The second-order valence-electron chi connectivity index (χ2n) is 8.16. The average Bonchev–Trinajstić information content (AvgIpc) is 2.77. The van der Waals surface area contributed by atoms with Crippen LogP contribution < -0.4 is 5.32 Å². The first-order valence-corrected chi connectivity index (χ1v) is 10.7. The van der Waals surface area contributed by atoms with E-state index in [1.165, 1.54) is 18.1 Å². The fourth-order valence-electron chi connectivity index (χ4n) is 4.28. The fraction of sp³-hybridized carbons (Fsp3) is 0.458. The number of nitrogens with zero attached hydrogens (tertiary/aromatic N) is 3. The van der Waals surface area contributed by atoms with E-state index in [0.717, 1.165) is 38.9 Å². The van der Waals surface area contributed by atoms with E-state index in [4.69, 9.17) is 0 Å². The van der Waals surface area contributed by atoms with E-state index in [9.17, 15) is 9.59 Å². The van der Waals surface area contributed by atoms with Gasteiger partial charge in [-0.25, -0.2) is 0 Å². The van der Waals surface area contributed by atoms with Gasteiger partial charge in [-0.05, 0) is 49.4 Å². The van der Waals surface area contributed by atoms with E-state index in [2.05, 4.69) is 58.6 Å². The van der Waals surface area contributed by atoms with Crippen LogP contribution in [0.3, 0.4) is 0 Å². The molecular formula is C24H32N4O2. The van der Waals surface area contributed by atoms with E-state index in [1.54, 1.807) is 6.20 Å². The molecule has 1 aliphatic rings. The number of amides is 2. The highest BCUT2D eigenvalue weighted by Gasteiger charge is 2.31. The molecule has 1 aromatic carbocycles. The van der Waals surface area contributed by atoms with Crippen molar-refractivity contribution in [3.05, 3.63) is 66.0 Å². The van der Waals surface area contributed by atoms with Gasteiger partial charge in [0.05, 0.1) is 6.54 Å². The van der Waals surface area contributed by atoms with E-state index in [-0.39, 0.29) is 18.4 Å². The predicted molar refractivity (Wildman–Crippen MR) is 118 cm³/mol. The van der Waals surface area contributed by atoms with Crippen molar-refractivity contribution in [1.82, 2.24) is 20.1 Å². The molecule has 2 heterocycles. The summed E-state index contributed by atoms with van der Waals surface area (Å²) in [4.78, 5) is 32.0. The second kappa shape index (κ2) is 10.9. The summed E-state index contributed by atoms with van der Waals surface area (Å²) in [5.41, 5.74) is 2.55. The number of hydrogen-bond donors (Lipinski definition) is 1. The summed E-state index contributed by atoms with van der Waals surface area (Å²) in [5.74, 6) is 0.349. The Hall–Kier alpha value is -2.73.